The van der Waals surface area contributed by atoms with E-state index in [2.05, 4.69) is 17.1 Å². The van der Waals surface area contributed by atoms with Gasteiger partial charge in [0.25, 0.3) is 0 Å². The molecule has 0 saturated carbocycles. The van der Waals surface area contributed by atoms with Gasteiger partial charge in [-0.25, -0.2) is 4.98 Å². The van der Waals surface area contributed by atoms with E-state index < -0.39 is 5.92 Å². The summed E-state index contributed by atoms with van der Waals surface area (Å²) in [7, 11) is 0. The maximum Gasteiger partial charge on any atom is 0.186 e. The van der Waals surface area contributed by atoms with Crippen LogP contribution in [0.1, 0.15) is 32.4 Å². The average molecular weight is 343 g/mol. The van der Waals surface area contributed by atoms with Crippen molar-refractivity contribution in [2.24, 2.45) is 0 Å². The number of carbonyl (C=O) groups is 1. The first-order valence-corrected chi connectivity index (χ1v) is 8.47. The van der Waals surface area contributed by atoms with Gasteiger partial charge in [-0.2, -0.15) is 10.5 Å². The maximum absolute atomic E-state index is 12.7. The molecule has 0 fully saturated rings. The Kier molecular flexibility index (Phi) is 4.70. The van der Waals surface area contributed by atoms with Crippen molar-refractivity contribution in [2.45, 2.75) is 12.8 Å². The predicted molar refractivity (Wildman–Crippen MR) is 96.1 cm³/mol. The number of aryl methyl sites for hydroxylation is 1. The third-order valence-electron chi connectivity index (χ3n) is 3.77. The molecule has 5 heteroatoms. The summed E-state index contributed by atoms with van der Waals surface area (Å²) in [6, 6.07) is 18.4. The topological polar surface area (TPSA) is 77.5 Å². The van der Waals surface area contributed by atoms with E-state index in [1.165, 1.54) is 11.3 Å². The quantitative estimate of drug-likeness (QED) is 0.654. The molecule has 0 saturated heterocycles. The number of aromatic nitrogens is 1. The van der Waals surface area contributed by atoms with E-state index in [0.717, 1.165) is 11.1 Å². The van der Waals surface area contributed by atoms with Crippen LogP contribution in [0.15, 0.2) is 53.9 Å². The van der Waals surface area contributed by atoms with Crippen LogP contribution in [0.25, 0.3) is 11.3 Å². The Bertz CT molecular complexity index is 1010. The molecule has 0 amide bonds. The van der Waals surface area contributed by atoms with E-state index in [9.17, 15) is 10.1 Å². The van der Waals surface area contributed by atoms with Crippen molar-refractivity contribution < 1.29 is 4.79 Å². The highest BCUT2D eigenvalue weighted by molar-refractivity contribution is 7.10. The molecule has 0 aliphatic heterocycles. The molecule has 1 atom stereocenters. The SMILES string of the molecule is Cc1cccc(C(=O)[C@H](C#N)c2nc(-c3ccc(C#N)cc3)cs2)c1. The molecule has 1 heterocycles. The van der Waals surface area contributed by atoms with Crippen LogP contribution >= 0.6 is 11.3 Å². The van der Waals surface area contributed by atoms with Gasteiger partial charge in [0.2, 0.25) is 0 Å². The number of ketones is 1. The minimum Gasteiger partial charge on any atom is -0.292 e. The smallest absolute Gasteiger partial charge is 0.186 e. The fraction of sp³-hybridized carbons (Fsp3) is 0.100. The fourth-order valence-corrected chi connectivity index (χ4v) is 3.33. The van der Waals surface area contributed by atoms with Gasteiger partial charge in [-0.05, 0) is 25.1 Å². The van der Waals surface area contributed by atoms with Crippen molar-refractivity contribution in [3.8, 4) is 23.4 Å². The lowest BCUT2D eigenvalue weighted by molar-refractivity contribution is 0.0978. The van der Waals surface area contributed by atoms with Crippen LogP contribution in [0.3, 0.4) is 0 Å². The zero-order valence-electron chi connectivity index (χ0n) is 13.4. The van der Waals surface area contributed by atoms with Crippen molar-refractivity contribution >= 4 is 17.1 Å². The normalized spacial score (nSPS) is 11.3. The number of benzene rings is 2. The molecule has 120 valence electrons. The van der Waals surface area contributed by atoms with Gasteiger partial charge in [0.05, 0.1) is 23.4 Å². The van der Waals surface area contributed by atoms with Crippen LogP contribution in [0.4, 0.5) is 0 Å². The first kappa shape index (κ1) is 16.6. The lowest BCUT2D eigenvalue weighted by Crippen LogP contribution is -2.11. The first-order chi connectivity index (χ1) is 12.1. The van der Waals surface area contributed by atoms with Gasteiger partial charge in [-0.1, -0.05) is 35.9 Å². The van der Waals surface area contributed by atoms with Crippen molar-refractivity contribution in [3.05, 3.63) is 75.6 Å². The van der Waals surface area contributed by atoms with E-state index in [-0.39, 0.29) is 5.78 Å². The van der Waals surface area contributed by atoms with Crippen molar-refractivity contribution in [3.63, 3.8) is 0 Å². The second-order valence-electron chi connectivity index (χ2n) is 5.56. The second-order valence-corrected chi connectivity index (χ2v) is 6.45. The molecule has 25 heavy (non-hydrogen) atoms. The predicted octanol–water partition coefficient (Wildman–Crippen LogP) is 4.48. The number of hydrogen-bond acceptors (Lipinski definition) is 5. The highest BCUT2D eigenvalue weighted by Gasteiger charge is 2.25. The average Bonchev–Trinajstić information content (AvgIpc) is 3.12. The Morgan fingerprint density at radius 2 is 1.92 bits per heavy atom. The molecule has 2 aromatic carbocycles. The van der Waals surface area contributed by atoms with E-state index in [1.54, 1.807) is 42.5 Å². The zero-order valence-corrected chi connectivity index (χ0v) is 14.2. The first-order valence-electron chi connectivity index (χ1n) is 7.59. The molecule has 0 aliphatic carbocycles. The molecular formula is C20H13N3OS. The molecule has 3 aromatic rings. The number of rotatable bonds is 4. The summed E-state index contributed by atoms with van der Waals surface area (Å²) < 4.78 is 0. The highest BCUT2D eigenvalue weighted by Crippen LogP contribution is 2.28. The summed E-state index contributed by atoms with van der Waals surface area (Å²) in [6.45, 7) is 1.91. The van der Waals surface area contributed by atoms with E-state index in [1.807, 2.05) is 18.4 Å². The van der Waals surface area contributed by atoms with Crippen molar-refractivity contribution in [2.75, 3.05) is 0 Å². The molecule has 0 unspecified atom stereocenters. The third kappa shape index (κ3) is 3.47. The Labute approximate surface area is 149 Å². The zero-order chi connectivity index (χ0) is 17.8. The number of carbonyl (C=O) groups excluding carboxylic acids is 1. The molecular weight excluding hydrogens is 330 g/mol. The molecule has 1 aromatic heterocycles. The molecule has 0 radical (unpaired) electrons. The van der Waals surface area contributed by atoms with Gasteiger partial charge in [0, 0.05) is 16.5 Å². The highest BCUT2D eigenvalue weighted by atomic mass is 32.1. The molecule has 0 N–H and O–H groups in total. The van der Waals surface area contributed by atoms with Gasteiger partial charge >= 0.3 is 0 Å². The minimum atomic E-state index is -0.918. The Hall–Kier alpha value is -3.28. The van der Waals surface area contributed by atoms with Gasteiger partial charge in [-0.15, -0.1) is 11.3 Å². The van der Waals surface area contributed by atoms with Crippen LogP contribution in [-0.2, 0) is 0 Å². The van der Waals surface area contributed by atoms with Crippen LogP contribution < -0.4 is 0 Å². The minimum absolute atomic E-state index is 0.244. The van der Waals surface area contributed by atoms with Crippen molar-refractivity contribution in [1.29, 1.82) is 10.5 Å². The van der Waals surface area contributed by atoms with Gasteiger partial charge in [0.15, 0.2) is 11.7 Å². The Morgan fingerprint density at radius 3 is 2.56 bits per heavy atom. The number of nitrogens with zero attached hydrogens (tertiary/aromatic N) is 3. The standard InChI is InChI=1S/C20H13N3OS/c1-13-3-2-4-16(9-13)19(24)17(11-22)20-23-18(12-25-20)15-7-5-14(10-21)6-8-15/h2-9,12,17H,1H3/t17-/m0/s1. The summed E-state index contributed by atoms with van der Waals surface area (Å²) in [6.07, 6.45) is 0. The van der Waals surface area contributed by atoms with E-state index in [4.69, 9.17) is 5.26 Å². The number of hydrogen-bond donors (Lipinski definition) is 0. The molecule has 0 aliphatic rings. The lowest BCUT2D eigenvalue weighted by Gasteiger charge is -2.06. The molecule has 0 spiro atoms. The van der Waals surface area contributed by atoms with Gasteiger partial charge < -0.3 is 0 Å². The van der Waals surface area contributed by atoms with E-state index >= 15 is 0 Å². The second kappa shape index (κ2) is 7.09. The summed E-state index contributed by atoms with van der Waals surface area (Å²) in [5.41, 5.74) is 3.60. The number of nitriles is 2. The fourth-order valence-electron chi connectivity index (χ4n) is 2.46. The third-order valence-corrected chi connectivity index (χ3v) is 4.68. The van der Waals surface area contributed by atoms with Crippen LogP contribution in [0.5, 0.6) is 0 Å². The summed E-state index contributed by atoms with van der Waals surface area (Å²) in [5.74, 6) is -1.16. The maximum atomic E-state index is 12.7. The number of Topliss-reactive ketones (excluding diaryl/α,β-unsaturated/α-hetero) is 1. The number of thiazole rings is 1. The summed E-state index contributed by atoms with van der Waals surface area (Å²) >= 11 is 1.29. The van der Waals surface area contributed by atoms with Gasteiger partial charge in [0.1, 0.15) is 5.01 Å². The van der Waals surface area contributed by atoms with Crippen LogP contribution in [-0.4, -0.2) is 10.8 Å². The van der Waals surface area contributed by atoms with Crippen LogP contribution in [0, 0.1) is 29.6 Å². The Morgan fingerprint density at radius 1 is 1.16 bits per heavy atom. The van der Waals surface area contributed by atoms with Crippen LogP contribution in [0.2, 0.25) is 0 Å². The van der Waals surface area contributed by atoms with Gasteiger partial charge in [-0.3, -0.25) is 4.79 Å². The molecule has 3 rings (SSSR count). The largest absolute Gasteiger partial charge is 0.292 e. The van der Waals surface area contributed by atoms with Crippen molar-refractivity contribution in [1.82, 2.24) is 4.98 Å². The summed E-state index contributed by atoms with van der Waals surface area (Å²) in [5, 5.41) is 20.7. The monoisotopic (exact) mass is 343 g/mol. The van der Waals surface area contributed by atoms with E-state index in [0.29, 0.717) is 21.8 Å². The Balaban J connectivity index is 1.90. The molecule has 0 bridgehead atoms. The summed E-state index contributed by atoms with van der Waals surface area (Å²) in [4.78, 5) is 17.1. The molecule has 4 nitrogen and oxygen atoms in total. The lowest BCUT2D eigenvalue weighted by atomic mass is 9.98.